The highest BCUT2D eigenvalue weighted by molar-refractivity contribution is 5.69. The van der Waals surface area contributed by atoms with E-state index in [-0.39, 0.29) is 11.4 Å². The van der Waals surface area contributed by atoms with Gasteiger partial charge in [0.2, 0.25) is 0 Å². The van der Waals surface area contributed by atoms with Gasteiger partial charge in [-0.1, -0.05) is 26.0 Å². The molecule has 0 aliphatic heterocycles. The Balaban J connectivity index is 2.54. The highest BCUT2D eigenvalue weighted by Gasteiger charge is 2.48. The smallest absolute Gasteiger partial charge is 0.305 e. The fourth-order valence-corrected chi connectivity index (χ4v) is 2.48. The number of carbonyl (C=O) groups is 1. The zero-order valence-electron chi connectivity index (χ0n) is 9.59. The summed E-state index contributed by atoms with van der Waals surface area (Å²) in [5, 5.41) is 0. The van der Waals surface area contributed by atoms with Crippen molar-refractivity contribution in [3.8, 4) is 0 Å². The van der Waals surface area contributed by atoms with Crippen molar-refractivity contribution in [2.75, 3.05) is 7.11 Å². The van der Waals surface area contributed by atoms with Crippen LogP contribution in [0, 0.1) is 17.3 Å². The molecule has 0 bridgehead atoms. The molecule has 1 aliphatic rings. The van der Waals surface area contributed by atoms with Gasteiger partial charge in [0, 0.05) is 6.42 Å². The van der Waals surface area contributed by atoms with Gasteiger partial charge in [-0.2, -0.15) is 0 Å². The summed E-state index contributed by atoms with van der Waals surface area (Å²) in [4.78, 5) is 11.1. The highest BCUT2D eigenvalue weighted by Crippen LogP contribution is 2.55. The van der Waals surface area contributed by atoms with E-state index in [2.05, 4.69) is 32.1 Å². The number of esters is 1. The van der Waals surface area contributed by atoms with E-state index in [4.69, 9.17) is 0 Å². The van der Waals surface area contributed by atoms with E-state index in [9.17, 15) is 4.79 Å². The molecule has 2 heteroatoms. The second-order valence-corrected chi connectivity index (χ2v) is 4.93. The van der Waals surface area contributed by atoms with Crippen molar-refractivity contribution in [3.63, 3.8) is 0 Å². The molecule has 0 heterocycles. The van der Waals surface area contributed by atoms with Crippen LogP contribution in [0.2, 0.25) is 0 Å². The standard InChI is InChI=1S/C12H20O2/c1-8(2)10-6-9(12(10,3)4)7-11(13)14-5/h9-10H,1,6-7H2,2-5H3/t9-,10-/m0/s1. The third kappa shape index (κ3) is 1.84. The molecule has 80 valence electrons. The second kappa shape index (κ2) is 3.76. The largest absolute Gasteiger partial charge is 0.469 e. The van der Waals surface area contributed by atoms with Crippen LogP contribution in [0.15, 0.2) is 12.2 Å². The van der Waals surface area contributed by atoms with Crippen LogP contribution in [0.4, 0.5) is 0 Å². The third-order valence-corrected chi connectivity index (χ3v) is 3.71. The summed E-state index contributed by atoms with van der Waals surface area (Å²) < 4.78 is 4.68. The minimum atomic E-state index is -0.0942. The molecule has 1 fully saturated rings. The topological polar surface area (TPSA) is 26.3 Å². The monoisotopic (exact) mass is 196 g/mol. The van der Waals surface area contributed by atoms with E-state index >= 15 is 0 Å². The Hall–Kier alpha value is -0.790. The van der Waals surface area contributed by atoms with E-state index in [1.54, 1.807) is 0 Å². The molecule has 0 aromatic carbocycles. The molecule has 0 radical (unpaired) electrons. The summed E-state index contributed by atoms with van der Waals surface area (Å²) in [6.45, 7) is 10.5. The van der Waals surface area contributed by atoms with Gasteiger partial charge >= 0.3 is 5.97 Å². The molecule has 2 atom stereocenters. The summed E-state index contributed by atoms with van der Waals surface area (Å²) in [6.07, 6.45) is 1.63. The molecule has 1 rings (SSSR count). The first-order valence-corrected chi connectivity index (χ1v) is 5.11. The SMILES string of the molecule is C=C(C)[C@@H]1C[C@@H](CC(=O)OC)C1(C)C. The number of allylic oxidation sites excluding steroid dienone is 1. The van der Waals surface area contributed by atoms with Crippen molar-refractivity contribution in [3.05, 3.63) is 12.2 Å². The first-order valence-electron chi connectivity index (χ1n) is 5.11. The number of rotatable bonds is 3. The Morgan fingerprint density at radius 2 is 2.14 bits per heavy atom. The van der Waals surface area contributed by atoms with Crippen molar-refractivity contribution >= 4 is 5.97 Å². The van der Waals surface area contributed by atoms with Crippen LogP contribution in [0.25, 0.3) is 0 Å². The zero-order chi connectivity index (χ0) is 10.9. The molecule has 0 saturated heterocycles. The van der Waals surface area contributed by atoms with E-state index in [1.165, 1.54) is 12.7 Å². The van der Waals surface area contributed by atoms with Gasteiger partial charge in [-0.05, 0) is 30.6 Å². The molecule has 0 amide bonds. The minimum Gasteiger partial charge on any atom is -0.469 e. The van der Waals surface area contributed by atoms with Crippen molar-refractivity contribution in [1.82, 2.24) is 0 Å². The Kier molecular flexibility index (Phi) is 3.03. The maximum atomic E-state index is 11.1. The van der Waals surface area contributed by atoms with Gasteiger partial charge in [-0.3, -0.25) is 4.79 Å². The summed E-state index contributed by atoms with van der Waals surface area (Å²) in [5.74, 6) is 0.928. The van der Waals surface area contributed by atoms with Gasteiger partial charge in [-0.15, -0.1) is 0 Å². The van der Waals surface area contributed by atoms with E-state index in [0.717, 1.165) is 6.42 Å². The van der Waals surface area contributed by atoms with Crippen molar-refractivity contribution in [2.24, 2.45) is 17.3 Å². The van der Waals surface area contributed by atoms with Gasteiger partial charge in [-0.25, -0.2) is 0 Å². The molecule has 2 nitrogen and oxygen atoms in total. The first kappa shape index (κ1) is 11.3. The quantitative estimate of drug-likeness (QED) is 0.512. The second-order valence-electron chi connectivity index (χ2n) is 4.93. The zero-order valence-corrected chi connectivity index (χ0v) is 9.59. The number of methoxy groups -OCH3 is 1. The average molecular weight is 196 g/mol. The van der Waals surface area contributed by atoms with Gasteiger partial charge in [0.05, 0.1) is 7.11 Å². The lowest BCUT2D eigenvalue weighted by Crippen LogP contribution is -2.46. The summed E-state index contributed by atoms with van der Waals surface area (Å²) in [7, 11) is 1.45. The van der Waals surface area contributed by atoms with Crippen LogP contribution in [0.1, 0.15) is 33.6 Å². The highest BCUT2D eigenvalue weighted by atomic mass is 16.5. The summed E-state index contributed by atoms with van der Waals surface area (Å²) in [6, 6.07) is 0. The maximum Gasteiger partial charge on any atom is 0.305 e. The van der Waals surface area contributed by atoms with Crippen LogP contribution in [-0.4, -0.2) is 13.1 Å². The first-order chi connectivity index (χ1) is 6.39. The maximum absolute atomic E-state index is 11.1. The van der Waals surface area contributed by atoms with E-state index in [0.29, 0.717) is 18.3 Å². The van der Waals surface area contributed by atoms with Gasteiger partial charge in [0.15, 0.2) is 0 Å². The molecule has 0 aromatic rings. The lowest BCUT2D eigenvalue weighted by Gasteiger charge is -2.52. The Morgan fingerprint density at radius 1 is 1.57 bits per heavy atom. The predicted molar refractivity (Wildman–Crippen MR) is 56.8 cm³/mol. The van der Waals surface area contributed by atoms with Crippen molar-refractivity contribution in [2.45, 2.75) is 33.6 Å². The van der Waals surface area contributed by atoms with Crippen LogP contribution in [0.5, 0.6) is 0 Å². The van der Waals surface area contributed by atoms with Gasteiger partial charge in [0.25, 0.3) is 0 Å². The molecular formula is C12H20O2. The summed E-state index contributed by atoms with van der Waals surface area (Å²) in [5.41, 5.74) is 1.44. The average Bonchev–Trinajstić information content (AvgIpc) is 2.10. The van der Waals surface area contributed by atoms with Crippen LogP contribution in [0.3, 0.4) is 0 Å². The van der Waals surface area contributed by atoms with Crippen molar-refractivity contribution in [1.29, 1.82) is 0 Å². The number of hydrogen-bond acceptors (Lipinski definition) is 2. The predicted octanol–water partition coefficient (Wildman–Crippen LogP) is 2.79. The number of ether oxygens (including phenoxy) is 1. The lowest BCUT2D eigenvalue weighted by atomic mass is 9.52. The van der Waals surface area contributed by atoms with Gasteiger partial charge in [0.1, 0.15) is 0 Å². The molecule has 0 spiro atoms. The van der Waals surface area contributed by atoms with Crippen LogP contribution < -0.4 is 0 Å². The molecular weight excluding hydrogens is 176 g/mol. The van der Waals surface area contributed by atoms with Crippen LogP contribution >= 0.6 is 0 Å². The number of hydrogen-bond donors (Lipinski definition) is 0. The molecule has 0 N–H and O–H groups in total. The lowest BCUT2D eigenvalue weighted by molar-refractivity contribution is -0.146. The van der Waals surface area contributed by atoms with Gasteiger partial charge < -0.3 is 4.74 Å². The number of carbonyl (C=O) groups excluding carboxylic acids is 1. The van der Waals surface area contributed by atoms with Crippen molar-refractivity contribution < 1.29 is 9.53 Å². The third-order valence-electron chi connectivity index (χ3n) is 3.71. The Morgan fingerprint density at radius 3 is 2.50 bits per heavy atom. The van der Waals surface area contributed by atoms with E-state index in [1.807, 2.05) is 0 Å². The normalized spacial score (nSPS) is 29.1. The molecule has 14 heavy (non-hydrogen) atoms. The van der Waals surface area contributed by atoms with E-state index < -0.39 is 0 Å². The minimum absolute atomic E-state index is 0.0942. The molecule has 1 saturated carbocycles. The van der Waals surface area contributed by atoms with Crippen LogP contribution in [-0.2, 0) is 9.53 Å². The molecule has 0 unspecified atom stereocenters. The molecule has 1 aliphatic carbocycles. The fraction of sp³-hybridized carbons (Fsp3) is 0.750. The Bertz CT molecular complexity index is 253. The Labute approximate surface area is 86.3 Å². The molecule has 0 aromatic heterocycles. The summed E-state index contributed by atoms with van der Waals surface area (Å²) >= 11 is 0. The fourth-order valence-electron chi connectivity index (χ4n) is 2.48.